The van der Waals surface area contributed by atoms with Gasteiger partial charge in [0.2, 0.25) is 5.91 Å². The molecule has 0 saturated carbocycles. The van der Waals surface area contributed by atoms with Crippen LogP contribution in [0.3, 0.4) is 0 Å². The minimum atomic E-state index is -0.105. The van der Waals surface area contributed by atoms with Gasteiger partial charge in [-0.05, 0) is 18.4 Å². The summed E-state index contributed by atoms with van der Waals surface area (Å²) in [5.74, 6) is 2.85. The van der Waals surface area contributed by atoms with Crippen LogP contribution in [-0.2, 0) is 4.79 Å². The Kier molecular flexibility index (Phi) is 6.15. The van der Waals surface area contributed by atoms with Crippen LogP contribution in [0.5, 0.6) is 0 Å². The summed E-state index contributed by atoms with van der Waals surface area (Å²) in [4.78, 5) is 12.4. The highest BCUT2D eigenvalue weighted by atomic mass is 16.1. The maximum Gasteiger partial charge on any atom is 0.228 e. The maximum atomic E-state index is 12.4. The predicted molar refractivity (Wildman–Crippen MR) is 79.7 cm³/mol. The lowest BCUT2D eigenvalue weighted by Gasteiger charge is -2.24. The number of carbonyl (C=O) groups excluding carboxylic acids is 1. The SMILES string of the molecule is C#CCC(C)NC(=O)C(c1ccccc1)C(C)CC. The number of hydrogen-bond donors (Lipinski definition) is 1. The molecule has 0 heterocycles. The lowest BCUT2D eigenvalue weighted by molar-refractivity contribution is -0.124. The molecule has 19 heavy (non-hydrogen) atoms. The minimum absolute atomic E-state index is 0.0211. The van der Waals surface area contributed by atoms with Gasteiger partial charge >= 0.3 is 0 Å². The summed E-state index contributed by atoms with van der Waals surface area (Å²) in [6, 6.07) is 9.97. The van der Waals surface area contributed by atoms with Crippen LogP contribution in [0.2, 0.25) is 0 Å². The molecule has 2 heteroatoms. The van der Waals surface area contributed by atoms with Gasteiger partial charge in [0, 0.05) is 12.5 Å². The number of terminal acetylenes is 1. The standard InChI is InChI=1S/C17H23NO/c1-5-10-14(4)18-17(19)16(13(3)6-2)15-11-8-7-9-12-15/h1,7-9,11-14,16H,6,10H2,2-4H3,(H,18,19). The Balaban J connectivity index is 2.87. The molecule has 1 rings (SSSR count). The molecule has 0 aliphatic rings. The first-order chi connectivity index (χ1) is 9.10. The van der Waals surface area contributed by atoms with Gasteiger partial charge in [-0.2, -0.15) is 0 Å². The van der Waals surface area contributed by atoms with E-state index < -0.39 is 0 Å². The molecule has 0 saturated heterocycles. The molecule has 1 aromatic rings. The Labute approximate surface area is 116 Å². The van der Waals surface area contributed by atoms with Crippen LogP contribution in [0.15, 0.2) is 30.3 Å². The molecule has 0 aliphatic carbocycles. The van der Waals surface area contributed by atoms with Crippen molar-refractivity contribution in [1.82, 2.24) is 5.32 Å². The third-order valence-corrected chi connectivity index (χ3v) is 3.47. The van der Waals surface area contributed by atoms with Crippen molar-refractivity contribution in [3.63, 3.8) is 0 Å². The van der Waals surface area contributed by atoms with Gasteiger partial charge in [0.15, 0.2) is 0 Å². The maximum absolute atomic E-state index is 12.4. The Morgan fingerprint density at radius 1 is 1.32 bits per heavy atom. The topological polar surface area (TPSA) is 29.1 Å². The van der Waals surface area contributed by atoms with Crippen LogP contribution >= 0.6 is 0 Å². The second-order valence-electron chi connectivity index (χ2n) is 5.09. The molecule has 2 nitrogen and oxygen atoms in total. The number of hydrogen-bond acceptors (Lipinski definition) is 1. The molecule has 1 aromatic carbocycles. The minimum Gasteiger partial charge on any atom is -0.352 e. The molecule has 3 atom stereocenters. The first kappa shape index (κ1) is 15.3. The van der Waals surface area contributed by atoms with Crippen molar-refractivity contribution in [3.8, 4) is 12.3 Å². The van der Waals surface area contributed by atoms with E-state index in [0.29, 0.717) is 12.3 Å². The number of carbonyl (C=O) groups is 1. The Morgan fingerprint density at radius 3 is 2.47 bits per heavy atom. The van der Waals surface area contributed by atoms with E-state index in [1.807, 2.05) is 37.3 Å². The molecular weight excluding hydrogens is 234 g/mol. The fraction of sp³-hybridized carbons (Fsp3) is 0.471. The van der Waals surface area contributed by atoms with E-state index >= 15 is 0 Å². The average molecular weight is 257 g/mol. The lowest BCUT2D eigenvalue weighted by atomic mass is 9.84. The Hall–Kier alpha value is -1.75. The molecule has 0 bridgehead atoms. The molecule has 1 N–H and O–H groups in total. The van der Waals surface area contributed by atoms with E-state index in [1.165, 1.54) is 0 Å². The van der Waals surface area contributed by atoms with Gasteiger partial charge < -0.3 is 5.32 Å². The van der Waals surface area contributed by atoms with E-state index in [2.05, 4.69) is 25.1 Å². The molecule has 0 spiro atoms. The molecule has 0 radical (unpaired) electrons. The molecule has 0 fully saturated rings. The number of nitrogens with one attached hydrogen (secondary N) is 1. The van der Waals surface area contributed by atoms with Crippen molar-refractivity contribution in [1.29, 1.82) is 0 Å². The zero-order valence-electron chi connectivity index (χ0n) is 12.0. The van der Waals surface area contributed by atoms with Crippen molar-refractivity contribution >= 4 is 5.91 Å². The summed E-state index contributed by atoms with van der Waals surface area (Å²) in [6.07, 6.45) is 6.81. The van der Waals surface area contributed by atoms with E-state index in [4.69, 9.17) is 6.42 Å². The number of rotatable bonds is 6. The van der Waals surface area contributed by atoms with E-state index in [0.717, 1.165) is 12.0 Å². The molecule has 0 aromatic heterocycles. The first-order valence-electron chi connectivity index (χ1n) is 6.88. The third-order valence-electron chi connectivity index (χ3n) is 3.47. The summed E-state index contributed by atoms with van der Waals surface area (Å²) in [6.45, 7) is 6.16. The van der Waals surface area contributed by atoms with Gasteiger partial charge in [0.1, 0.15) is 0 Å². The van der Waals surface area contributed by atoms with Crippen LogP contribution in [0, 0.1) is 18.3 Å². The van der Waals surface area contributed by atoms with Crippen LogP contribution in [0.25, 0.3) is 0 Å². The fourth-order valence-corrected chi connectivity index (χ4v) is 2.19. The molecular formula is C17H23NO. The summed E-state index contributed by atoms with van der Waals surface area (Å²) in [7, 11) is 0. The highest BCUT2D eigenvalue weighted by Gasteiger charge is 2.26. The summed E-state index contributed by atoms with van der Waals surface area (Å²) >= 11 is 0. The summed E-state index contributed by atoms with van der Waals surface area (Å²) in [5.41, 5.74) is 1.07. The highest BCUT2D eigenvalue weighted by Crippen LogP contribution is 2.27. The third kappa shape index (κ3) is 4.44. The van der Waals surface area contributed by atoms with Crippen molar-refractivity contribution in [2.75, 3.05) is 0 Å². The monoisotopic (exact) mass is 257 g/mol. The van der Waals surface area contributed by atoms with Crippen molar-refractivity contribution < 1.29 is 4.79 Å². The second-order valence-corrected chi connectivity index (χ2v) is 5.09. The van der Waals surface area contributed by atoms with Gasteiger partial charge in [-0.25, -0.2) is 0 Å². The van der Waals surface area contributed by atoms with Crippen LogP contribution in [0.4, 0.5) is 0 Å². The summed E-state index contributed by atoms with van der Waals surface area (Å²) < 4.78 is 0. The molecule has 1 amide bonds. The van der Waals surface area contributed by atoms with Crippen molar-refractivity contribution in [2.24, 2.45) is 5.92 Å². The predicted octanol–water partition coefficient (Wildman–Crippen LogP) is 3.34. The van der Waals surface area contributed by atoms with Crippen LogP contribution in [-0.4, -0.2) is 11.9 Å². The lowest BCUT2D eigenvalue weighted by Crippen LogP contribution is -2.38. The van der Waals surface area contributed by atoms with Gasteiger partial charge in [-0.1, -0.05) is 50.6 Å². The van der Waals surface area contributed by atoms with E-state index in [1.54, 1.807) is 0 Å². The highest BCUT2D eigenvalue weighted by molar-refractivity contribution is 5.84. The van der Waals surface area contributed by atoms with E-state index in [9.17, 15) is 4.79 Å². The zero-order chi connectivity index (χ0) is 14.3. The fourth-order valence-electron chi connectivity index (χ4n) is 2.19. The Morgan fingerprint density at radius 2 is 1.95 bits per heavy atom. The largest absolute Gasteiger partial charge is 0.352 e. The number of benzene rings is 1. The molecule has 3 unspecified atom stereocenters. The molecule has 0 aliphatic heterocycles. The zero-order valence-corrected chi connectivity index (χ0v) is 12.0. The molecule has 102 valence electrons. The van der Waals surface area contributed by atoms with Crippen LogP contribution in [0.1, 0.15) is 45.1 Å². The Bertz CT molecular complexity index is 432. The van der Waals surface area contributed by atoms with Crippen molar-refractivity contribution in [3.05, 3.63) is 35.9 Å². The normalized spacial score (nSPS) is 15.1. The summed E-state index contributed by atoms with van der Waals surface area (Å²) in [5, 5.41) is 3.01. The number of amides is 1. The van der Waals surface area contributed by atoms with E-state index in [-0.39, 0.29) is 17.9 Å². The van der Waals surface area contributed by atoms with Crippen molar-refractivity contribution in [2.45, 2.75) is 45.6 Å². The second kappa shape index (κ2) is 7.63. The van der Waals surface area contributed by atoms with Gasteiger partial charge in [-0.15, -0.1) is 12.3 Å². The van der Waals surface area contributed by atoms with Gasteiger partial charge in [0.25, 0.3) is 0 Å². The van der Waals surface area contributed by atoms with Gasteiger partial charge in [-0.3, -0.25) is 4.79 Å². The first-order valence-corrected chi connectivity index (χ1v) is 6.88. The quantitative estimate of drug-likeness (QED) is 0.778. The van der Waals surface area contributed by atoms with Crippen LogP contribution < -0.4 is 5.32 Å². The smallest absolute Gasteiger partial charge is 0.228 e. The average Bonchev–Trinajstić information content (AvgIpc) is 2.40. The van der Waals surface area contributed by atoms with Gasteiger partial charge in [0.05, 0.1) is 5.92 Å².